The first-order valence-electron chi connectivity index (χ1n) is 5.69. The first-order valence-corrected chi connectivity index (χ1v) is 5.69. The van der Waals surface area contributed by atoms with Gasteiger partial charge in [-0.2, -0.15) is 0 Å². The van der Waals surface area contributed by atoms with Crippen molar-refractivity contribution in [2.45, 2.75) is 6.92 Å². The van der Waals surface area contributed by atoms with Gasteiger partial charge in [0.1, 0.15) is 11.6 Å². The summed E-state index contributed by atoms with van der Waals surface area (Å²) in [6.07, 6.45) is 0. The molecule has 0 bridgehead atoms. The summed E-state index contributed by atoms with van der Waals surface area (Å²) in [5.74, 6) is -1.12. The van der Waals surface area contributed by atoms with E-state index in [2.05, 4.69) is 4.98 Å². The molecule has 0 aliphatic rings. The molecule has 0 atom stereocenters. The molecule has 0 fully saturated rings. The Balaban J connectivity index is 2.26. The number of nitrogens with one attached hydrogen (secondary N) is 1. The van der Waals surface area contributed by atoms with Gasteiger partial charge >= 0.3 is 0 Å². The van der Waals surface area contributed by atoms with E-state index in [1.165, 1.54) is 6.07 Å². The summed E-state index contributed by atoms with van der Waals surface area (Å²) >= 11 is 0. The summed E-state index contributed by atoms with van der Waals surface area (Å²) in [4.78, 5) is 3.01. The van der Waals surface area contributed by atoms with E-state index in [-0.39, 0.29) is 0 Å². The molecule has 2 aromatic carbocycles. The summed E-state index contributed by atoms with van der Waals surface area (Å²) in [7, 11) is 0. The third kappa shape index (κ3) is 1.68. The Hall–Kier alpha value is -2.16. The van der Waals surface area contributed by atoms with Crippen LogP contribution in [0.1, 0.15) is 5.56 Å². The molecule has 0 saturated heterocycles. The summed E-state index contributed by atoms with van der Waals surface area (Å²) in [6, 6.07) is 11.8. The fourth-order valence-corrected chi connectivity index (χ4v) is 2.19. The monoisotopic (exact) mass is 243 g/mol. The summed E-state index contributed by atoms with van der Waals surface area (Å²) in [5.41, 5.74) is 3.22. The van der Waals surface area contributed by atoms with E-state index in [1.807, 2.05) is 31.2 Å². The van der Waals surface area contributed by atoms with Crippen LogP contribution in [-0.4, -0.2) is 4.98 Å². The second kappa shape index (κ2) is 3.95. The number of aromatic nitrogens is 1. The topological polar surface area (TPSA) is 15.8 Å². The third-order valence-corrected chi connectivity index (χ3v) is 3.08. The zero-order valence-electron chi connectivity index (χ0n) is 9.80. The molecule has 0 radical (unpaired) electrons. The molecular formula is C15H11F2N. The summed E-state index contributed by atoms with van der Waals surface area (Å²) in [5, 5.41) is 0.547. The Morgan fingerprint density at radius 1 is 1.00 bits per heavy atom. The Kier molecular flexibility index (Phi) is 2.40. The van der Waals surface area contributed by atoms with Crippen LogP contribution in [0.2, 0.25) is 0 Å². The number of hydrogen-bond acceptors (Lipinski definition) is 0. The highest BCUT2D eigenvalue weighted by atomic mass is 19.1. The van der Waals surface area contributed by atoms with Crippen molar-refractivity contribution in [3.63, 3.8) is 0 Å². The van der Waals surface area contributed by atoms with Gasteiger partial charge in [0.25, 0.3) is 0 Å². The maximum atomic E-state index is 13.6. The lowest BCUT2D eigenvalue weighted by Crippen LogP contribution is -1.83. The number of aromatic amines is 1. The van der Waals surface area contributed by atoms with E-state index in [0.29, 0.717) is 10.9 Å². The maximum absolute atomic E-state index is 13.6. The molecule has 18 heavy (non-hydrogen) atoms. The molecule has 3 heteroatoms. The first kappa shape index (κ1) is 11.0. The SMILES string of the molecule is Cc1ccccc1-c1cc2cc(F)cc(F)c2[nH]1. The number of fused-ring (bicyclic) bond motifs is 1. The van der Waals surface area contributed by atoms with Crippen molar-refractivity contribution in [2.24, 2.45) is 0 Å². The van der Waals surface area contributed by atoms with Gasteiger partial charge in [-0.15, -0.1) is 0 Å². The lowest BCUT2D eigenvalue weighted by molar-refractivity contribution is 0.591. The first-order chi connectivity index (χ1) is 8.65. The minimum atomic E-state index is -0.565. The number of halogens is 2. The number of hydrogen-bond donors (Lipinski definition) is 1. The molecule has 0 saturated carbocycles. The summed E-state index contributed by atoms with van der Waals surface area (Å²) < 4.78 is 26.7. The molecule has 1 N–H and O–H groups in total. The van der Waals surface area contributed by atoms with Gasteiger partial charge in [0.05, 0.1) is 5.52 Å². The minimum absolute atomic E-state index is 0.342. The van der Waals surface area contributed by atoms with Gasteiger partial charge < -0.3 is 4.98 Å². The van der Waals surface area contributed by atoms with Crippen LogP contribution in [-0.2, 0) is 0 Å². The lowest BCUT2D eigenvalue weighted by Gasteiger charge is -2.01. The van der Waals surface area contributed by atoms with Crippen molar-refractivity contribution in [3.05, 3.63) is 59.7 Å². The fourth-order valence-electron chi connectivity index (χ4n) is 2.19. The Morgan fingerprint density at radius 2 is 1.78 bits per heavy atom. The van der Waals surface area contributed by atoms with Gasteiger partial charge in [-0.05, 0) is 24.6 Å². The van der Waals surface area contributed by atoms with Crippen molar-refractivity contribution < 1.29 is 8.78 Å². The molecule has 0 aliphatic carbocycles. The second-order valence-corrected chi connectivity index (χ2v) is 4.35. The highest BCUT2D eigenvalue weighted by Crippen LogP contribution is 2.28. The van der Waals surface area contributed by atoms with Crippen LogP contribution < -0.4 is 0 Å². The molecule has 0 amide bonds. The van der Waals surface area contributed by atoms with Crippen molar-refractivity contribution in [2.75, 3.05) is 0 Å². The average Bonchev–Trinajstić information content (AvgIpc) is 2.73. The van der Waals surface area contributed by atoms with Crippen LogP contribution in [0.15, 0.2) is 42.5 Å². The molecular weight excluding hydrogens is 232 g/mol. The average molecular weight is 243 g/mol. The molecule has 0 unspecified atom stereocenters. The van der Waals surface area contributed by atoms with Gasteiger partial charge in [0.15, 0.2) is 0 Å². The van der Waals surface area contributed by atoms with Crippen molar-refractivity contribution in [1.82, 2.24) is 4.98 Å². The van der Waals surface area contributed by atoms with Gasteiger partial charge in [0.2, 0.25) is 0 Å². The predicted molar refractivity (Wildman–Crippen MR) is 68.4 cm³/mol. The summed E-state index contributed by atoms with van der Waals surface area (Å²) in [6.45, 7) is 1.98. The molecule has 0 spiro atoms. The van der Waals surface area contributed by atoms with Crippen LogP contribution >= 0.6 is 0 Å². The van der Waals surface area contributed by atoms with Crippen LogP contribution in [0.3, 0.4) is 0 Å². The van der Waals surface area contributed by atoms with E-state index in [0.717, 1.165) is 22.9 Å². The highest BCUT2D eigenvalue weighted by molar-refractivity contribution is 5.86. The predicted octanol–water partition coefficient (Wildman–Crippen LogP) is 4.42. The van der Waals surface area contributed by atoms with Gasteiger partial charge in [-0.1, -0.05) is 24.3 Å². The van der Waals surface area contributed by atoms with Crippen molar-refractivity contribution in [1.29, 1.82) is 0 Å². The Bertz CT molecular complexity index is 728. The number of H-pyrrole nitrogens is 1. The van der Waals surface area contributed by atoms with E-state index >= 15 is 0 Å². The minimum Gasteiger partial charge on any atom is -0.352 e. The standard InChI is InChI=1S/C15H11F2N/c1-9-4-2-3-5-12(9)14-7-10-6-11(16)8-13(17)15(10)18-14/h2-8,18H,1H3. The zero-order chi connectivity index (χ0) is 12.7. The van der Waals surface area contributed by atoms with E-state index in [4.69, 9.17) is 0 Å². The normalized spacial score (nSPS) is 11.1. The molecule has 90 valence electrons. The van der Waals surface area contributed by atoms with E-state index in [9.17, 15) is 8.78 Å². The second-order valence-electron chi connectivity index (χ2n) is 4.35. The quantitative estimate of drug-likeness (QED) is 0.651. The van der Waals surface area contributed by atoms with Crippen LogP contribution in [0.25, 0.3) is 22.2 Å². The zero-order valence-corrected chi connectivity index (χ0v) is 9.80. The third-order valence-electron chi connectivity index (χ3n) is 3.08. The van der Waals surface area contributed by atoms with Gasteiger partial charge in [-0.25, -0.2) is 8.78 Å². The van der Waals surface area contributed by atoms with Crippen LogP contribution in [0.5, 0.6) is 0 Å². The van der Waals surface area contributed by atoms with Gasteiger partial charge in [0, 0.05) is 22.7 Å². The maximum Gasteiger partial charge on any atom is 0.150 e. The van der Waals surface area contributed by atoms with E-state index in [1.54, 1.807) is 6.07 Å². The number of aryl methyl sites for hydroxylation is 1. The van der Waals surface area contributed by atoms with Gasteiger partial charge in [-0.3, -0.25) is 0 Å². The number of benzene rings is 2. The highest BCUT2D eigenvalue weighted by Gasteiger charge is 2.10. The molecule has 1 heterocycles. The van der Waals surface area contributed by atoms with Crippen molar-refractivity contribution >= 4 is 10.9 Å². The molecule has 1 aromatic heterocycles. The molecule has 0 aliphatic heterocycles. The van der Waals surface area contributed by atoms with Crippen molar-refractivity contribution in [3.8, 4) is 11.3 Å². The van der Waals surface area contributed by atoms with Crippen LogP contribution in [0.4, 0.5) is 8.78 Å². The molecule has 1 nitrogen and oxygen atoms in total. The Labute approximate surface area is 103 Å². The molecule has 3 rings (SSSR count). The number of rotatable bonds is 1. The Morgan fingerprint density at radius 3 is 2.56 bits per heavy atom. The lowest BCUT2D eigenvalue weighted by atomic mass is 10.1. The fraction of sp³-hybridized carbons (Fsp3) is 0.0667. The largest absolute Gasteiger partial charge is 0.352 e. The van der Waals surface area contributed by atoms with E-state index < -0.39 is 11.6 Å². The van der Waals surface area contributed by atoms with Crippen LogP contribution in [0, 0.1) is 18.6 Å². The smallest absolute Gasteiger partial charge is 0.150 e. The molecule has 3 aromatic rings.